The molecule has 0 aliphatic heterocycles. The van der Waals surface area contributed by atoms with E-state index in [0.717, 1.165) is 18.2 Å². The van der Waals surface area contributed by atoms with Crippen molar-refractivity contribution in [3.63, 3.8) is 0 Å². The normalized spacial score (nSPS) is 11.1. The summed E-state index contributed by atoms with van der Waals surface area (Å²) in [7, 11) is 0. The molecule has 18 heavy (non-hydrogen) atoms. The zero-order chi connectivity index (χ0) is 13.0. The van der Waals surface area contributed by atoms with Crippen LogP contribution in [0.5, 0.6) is 0 Å². The summed E-state index contributed by atoms with van der Waals surface area (Å²) in [5.74, 6) is 2.18. The van der Waals surface area contributed by atoms with Gasteiger partial charge in [-0.3, -0.25) is 0 Å². The number of hydrogen-bond donors (Lipinski definition) is 1. The van der Waals surface area contributed by atoms with Gasteiger partial charge in [0.1, 0.15) is 5.76 Å². The number of nitrogens with one attached hydrogen (secondary N) is 1. The van der Waals surface area contributed by atoms with Crippen molar-refractivity contribution in [2.24, 2.45) is 0 Å². The van der Waals surface area contributed by atoms with Gasteiger partial charge in [-0.25, -0.2) is 4.98 Å². The van der Waals surface area contributed by atoms with Crippen molar-refractivity contribution < 1.29 is 4.42 Å². The first kappa shape index (κ1) is 12.8. The number of benzene rings is 1. The molecule has 1 heterocycles. The first-order chi connectivity index (χ1) is 8.65. The third-order valence-corrected chi connectivity index (χ3v) is 2.92. The molecule has 0 aliphatic rings. The lowest BCUT2D eigenvalue weighted by atomic mass is 10.0. The molecule has 96 valence electrons. The molecule has 0 radical (unpaired) electrons. The van der Waals surface area contributed by atoms with E-state index in [4.69, 9.17) is 4.42 Å². The molecule has 0 amide bonds. The highest BCUT2D eigenvalue weighted by Gasteiger charge is 2.01. The Bertz CT molecular complexity index is 485. The van der Waals surface area contributed by atoms with Crippen LogP contribution in [0.15, 0.2) is 34.9 Å². The average Bonchev–Trinajstić information content (AvgIpc) is 2.76. The molecule has 3 heteroatoms. The smallest absolute Gasteiger partial charge is 0.208 e. The fraction of sp³-hybridized carbons (Fsp3) is 0.400. The average molecular weight is 244 g/mol. The van der Waals surface area contributed by atoms with Crippen LogP contribution in [0, 0.1) is 6.92 Å². The molecule has 0 spiro atoms. The zero-order valence-electron chi connectivity index (χ0n) is 11.2. The van der Waals surface area contributed by atoms with Gasteiger partial charge in [0.25, 0.3) is 0 Å². The van der Waals surface area contributed by atoms with E-state index >= 15 is 0 Å². The maximum atomic E-state index is 5.40. The molecular weight excluding hydrogens is 224 g/mol. The molecule has 1 aromatic heterocycles. The number of aryl methyl sites for hydroxylation is 1. The second-order valence-electron chi connectivity index (χ2n) is 4.86. The molecule has 0 fully saturated rings. The van der Waals surface area contributed by atoms with Gasteiger partial charge in [-0.1, -0.05) is 38.1 Å². The van der Waals surface area contributed by atoms with E-state index in [1.54, 1.807) is 6.20 Å². The Kier molecular flexibility index (Phi) is 4.15. The van der Waals surface area contributed by atoms with Crippen LogP contribution in [0.25, 0.3) is 0 Å². The maximum Gasteiger partial charge on any atom is 0.208 e. The molecule has 0 saturated carbocycles. The van der Waals surface area contributed by atoms with Crippen LogP contribution in [0.3, 0.4) is 0 Å². The van der Waals surface area contributed by atoms with Crippen molar-refractivity contribution in [2.45, 2.75) is 39.8 Å². The Hall–Kier alpha value is -1.61. The van der Waals surface area contributed by atoms with E-state index < -0.39 is 0 Å². The minimum absolute atomic E-state index is 0.585. The molecule has 2 rings (SSSR count). The first-order valence-corrected chi connectivity index (χ1v) is 6.36. The van der Waals surface area contributed by atoms with Gasteiger partial charge in [0.15, 0.2) is 0 Å². The van der Waals surface area contributed by atoms with Crippen molar-refractivity contribution in [1.82, 2.24) is 10.3 Å². The largest absolute Gasteiger partial charge is 0.445 e. The van der Waals surface area contributed by atoms with Crippen LogP contribution in [0.4, 0.5) is 0 Å². The Morgan fingerprint density at radius 2 is 1.89 bits per heavy atom. The van der Waals surface area contributed by atoms with Gasteiger partial charge in [-0.2, -0.15) is 0 Å². The monoisotopic (exact) mass is 244 g/mol. The van der Waals surface area contributed by atoms with E-state index in [0.29, 0.717) is 12.5 Å². The lowest BCUT2D eigenvalue weighted by molar-refractivity contribution is 0.449. The summed E-state index contributed by atoms with van der Waals surface area (Å²) in [5, 5.41) is 3.32. The Morgan fingerprint density at radius 1 is 1.17 bits per heavy atom. The highest BCUT2D eigenvalue weighted by molar-refractivity contribution is 5.24. The molecule has 0 aliphatic carbocycles. The Balaban J connectivity index is 1.83. The minimum atomic E-state index is 0.585. The van der Waals surface area contributed by atoms with Gasteiger partial charge in [0.2, 0.25) is 5.89 Å². The molecule has 1 N–H and O–H groups in total. The topological polar surface area (TPSA) is 38.1 Å². The number of rotatable bonds is 5. The molecule has 2 aromatic rings. The van der Waals surface area contributed by atoms with Crippen LogP contribution in [-0.2, 0) is 13.1 Å². The van der Waals surface area contributed by atoms with Crippen molar-refractivity contribution in [2.75, 3.05) is 0 Å². The molecule has 0 bridgehead atoms. The van der Waals surface area contributed by atoms with Crippen molar-refractivity contribution in [1.29, 1.82) is 0 Å². The number of aromatic nitrogens is 1. The maximum absolute atomic E-state index is 5.40. The summed E-state index contributed by atoms with van der Waals surface area (Å²) >= 11 is 0. The fourth-order valence-electron chi connectivity index (χ4n) is 1.82. The molecule has 3 nitrogen and oxygen atoms in total. The number of nitrogens with zero attached hydrogens (tertiary/aromatic N) is 1. The first-order valence-electron chi connectivity index (χ1n) is 6.36. The van der Waals surface area contributed by atoms with E-state index in [-0.39, 0.29) is 0 Å². The minimum Gasteiger partial charge on any atom is -0.445 e. The third kappa shape index (κ3) is 3.44. The molecule has 0 saturated heterocycles. The summed E-state index contributed by atoms with van der Waals surface area (Å²) < 4.78 is 5.40. The van der Waals surface area contributed by atoms with Gasteiger partial charge in [-0.15, -0.1) is 0 Å². The second-order valence-corrected chi connectivity index (χ2v) is 4.86. The van der Waals surface area contributed by atoms with Gasteiger partial charge >= 0.3 is 0 Å². The zero-order valence-corrected chi connectivity index (χ0v) is 11.2. The molecule has 0 atom stereocenters. The van der Waals surface area contributed by atoms with E-state index in [9.17, 15) is 0 Å². The summed E-state index contributed by atoms with van der Waals surface area (Å²) in [6, 6.07) is 8.72. The predicted octanol–water partition coefficient (Wildman–Crippen LogP) is 3.40. The summed E-state index contributed by atoms with van der Waals surface area (Å²) in [5.41, 5.74) is 2.66. The van der Waals surface area contributed by atoms with E-state index in [1.807, 2.05) is 6.92 Å². The molecule has 1 aromatic carbocycles. The quantitative estimate of drug-likeness (QED) is 0.876. The van der Waals surface area contributed by atoms with Crippen LogP contribution >= 0.6 is 0 Å². The number of hydrogen-bond acceptors (Lipinski definition) is 3. The Labute approximate surface area is 108 Å². The molecule has 0 unspecified atom stereocenters. The predicted molar refractivity (Wildman–Crippen MR) is 72.3 cm³/mol. The summed E-state index contributed by atoms with van der Waals surface area (Å²) in [6.45, 7) is 7.82. The van der Waals surface area contributed by atoms with E-state index in [1.165, 1.54) is 11.1 Å². The lowest BCUT2D eigenvalue weighted by Crippen LogP contribution is -2.12. The fourth-order valence-corrected chi connectivity index (χ4v) is 1.82. The van der Waals surface area contributed by atoms with Crippen molar-refractivity contribution >= 4 is 0 Å². The standard InChI is InChI=1S/C15H20N2O/c1-11(2)14-6-4-13(5-7-14)9-16-10-15-17-8-12(3)18-15/h4-8,11,16H,9-10H2,1-3H3. The van der Waals surface area contributed by atoms with Crippen LogP contribution < -0.4 is 5.32 Å². The van der Waals surface area contributed by atoms with Crippen molar-refractivity contribution in [3.05, 3.63) is 53.2 Å². The SMILES string of the molecule is Cc1cnc(CNCc2ccc(C(C)C)cc2)o1. The Morgan fingerprint density at radius 3 is 2.44 bits per heavy atom. The van der Waals surface area contributed by atoms with Crippen LogP contribution in [-0.4, -0.2) is 4.98 Å². The summed E-state index contributed by atoms with van der Waals surface area (Å²) in [4.78, 5) is 4.16. The van der Waals surface area contributed by atoms with Gasteiger partial charge in [-0.05, 0) is 24.0 Å². The highest BCUT2D eigenvalue weighted by atomic mass is 16.4. The summed E-state index contributed by atoms with van der Waals surface area (Å²) in [6.07, 6.45) is 1.74. The highest BCUT2D eigenvalue weighted by Crippen LogP contribution is 2.14. The van der Waals surface area contributed by atoms with Gasteiger partial charge in [0.05, 0.1) is 12.7 Å². The third-order valence-electron chi connectivity index (χ3n) is 2.92. The van der Waals surface area contributed by atoms with Crippen LogP contribution in [0.1, 0.15) is 42.5 Å². The molecular formula is C15H20N2O. The lowest BCUT2D eigenvalue weighted by Gasteiger charge is -2.07. The van der Waals surface area contributed by atoms with Gasteiger partial charge < -0.3 is 9.73 Å². The van der Waals surface area contributed by atoms with E-state index in [2.05, 4.69) is 48.4 Å². The van der Waals surface area contributed by atoms with Crippen LogP contribution in [0.2, 0.25) is 0 Å². The van der Waals surface area contributed by atoms with Gasteiger partial charge in [0, 0.05) is 6.54 Å². The number of oxazole rings is 1. The van der Waals surface area contributed by atoms with Crippen molar-refractivity contribution in [3.8, 4) is 0 Å². The second kappa shape index (κ2) is 5.83.